The number of anilines is 3. The number of benzene rings is 2. The van der Waals surface area contributed by atoms with Crippen molar-refractivity contribution in [3.05, 3.63) is 47.8 Å². The fraction of sp³-hybridized carbons (Fsp3) is 0.273. The van der Waals surface area contributed by atoms with Crippen molar-refractivity contribution in [2.24, 2.45) is 5.92 Å². The number of fused-ring (bicyclic) bond motifs is 1. The van der Waals surface area contributed by atoms with E-state index in [0.717, 1.165) is 39.3 Å². The molecule has 0 bridgehead atoms. The van der Waals surface area contributed by atoms with E-state index in [4.69, 9.17) is 9.47 Å². The summed E-state index contributed by atoms with van der Waals surface area (Å²) in [6.45, 7) is 5.20. The highest BCUT2D eigenvalue weighted by Gasteiger charge is 2.13. The van der Waals surface area contributed by atoms with Gasteiger partial charge in [-0.15, -0.1) is 11.3 Å². The van der Waals surface area contributed by atoms with Crippen LogP contribution in [0.25, 0.3) is 11.3 Å². The van der Waals surface area contributed by atoms with E-state index in [9.17, 15) is 4.79 Å². The van der Waals surface area contributed by atoms with Crippen molar-refractivity contribution in [3.8, 4) is 22.8 Å². The Morgan fingerprint density at radius 3 is 2.55 bits per heavy atom. The van der Waals surface area contributed by atoms with E-state index in [1.165, 1.54) is 11.3 Å². The standard InChI is InChI=1S/C22H23N3O3S/c1-14(2)11-21(26)23-16-5-3-15(4-6-16)18-13-29-22(25-18)24-17-7-8-19-20(12-17)28-10-9-27-19/h3-8,12-14H,9-11H2,1-2H3,(H,23,26)(H,24,25). The second-order valence-corrected chi connectivity index (χ2v) is 8.10. The van der Waals surface area contributed by atoms with Crippen LogP contribution in [0.4, 0.5) is 16.5 Å². The van der Waals surface area contributed by atoms with Gasteiger partial charge in [0.2, 0.25) is 5.91 Å². The zero-order valence-corrected chi connectivity index (χ0v) is 17.2. The van der Waals surface area contributed by atoms with Crippen LogP contribution in [0, 0.1) is 5.92 Å². The zero-order valence-electron chi connectivity index (χ0n) is 16.4. The number of hydrogen-bond acceptors (Lipinski definition) is 6. The summed E-state index contributed by atoms with van der Waals surface area (Å²) in [5, 5.41) is 9.04. The molecule has 1 aliphatic heterocycles. The van der Waals surface area contributed by atoms with E-state index < -0.39 is 0 Å². The Labute approximate surface area is 173 Å². The van der Waals surface area contributed by atoms with Crippen LogP contribution < -0.4 is 20.1 Å². The highest BCUT2D eigenvalue weighted by molar-refractivity contribution is 7.14. The molecule has 6 nitrogen and oxygen atoms in total. The summed E-state index contributed by atoms with van der Waals surface area (Å²) in [7, 11) is 0. The maximum Gasteiger partial charge on any atom is 0.224 e. The number of carbonyl (C=O) groups excluding carboxylic acids is 1. The van der Waals surface area contributed by atoms with Crippen LogP contribution in [0.3, 0.4) is 0 Å². The Hall–Kier alpha value is -3.06. The Kier molecular flexibility index (Phi) is 5.67. The molecule has 0 saturated carbocycles. The van der Waals surface area contributed by atoms with Gasteiger partial charge in [0, 0.05) is 34.8 Å². The van der Waals surface area contributed by atoms with Crippen LogP contribution >= 0.6 is 11.3 Å². The van der Waals surface area contributed by atoms with Crippen molar-refractivity contribution < 1.29 is 14.3 Å². The number of carbonyl (C=O) groups is 1. The molecule has 0 spiro atoms. The molecule has 2 heterocycles. The predicted octanol–water partition coefficient (Wildman–Crippen LogP) is 5.31. The van der Waals surface area contributed by atoms with Crippen LogP contribution in [0.2, 0.25) is 0 Å². The lowest BCUT2D eigenvalue weighted by Gasteiger charge is -2.18. The van der Waals surface area contributed by atoms with Crippen LogP contribution in [-0.2, 0) is 4.79 Å². The van der Waals surface area contributed by atoms with Gasteiger partial charge in [-0.3, -0.25) is 4.79 Å². The molecular weight excluding hydrogens is 386 g/mol. The minimum absolute atomic E-state index is 0.0346. The van der Waals surface area contributed by atoms with Crippen molar-refractivity contribution in [3.63, 3.8) is 0 Å². The average Bonchev–Trinajstić information content (AvgIpc) is 3.16. The molecule has 0 aliphatic carbocycles. The third-order valence-corrected chi connectivity index (χ3v) is 5.11. The number of nitrogens with zero attached hydrogens (tertiary/aromatic N) is 1. The van der Waals surface area contributed by atoms with Gasteiger partial charge < -0.3 is 20.1 Å². The first-order valence-electron chi connectivity index (χ1n) is 9.59. The third-order valence-electron chi connectivity index (χ3n) is 4.36. The maximum absolute atomic E-state index is 11.9. The molecule has 0 atom stereocenters. The summed E-state index contributed by atoms with van der Waals surface area (Å²) in [5.74, 6) is 1.88. The third kappa shape index (κ3) is 4.86. The molecule has 150 valence electrons. The van der Waals surface area contributed by atoms with Crippen molar-refractivity contribution in [2.75, 3.05) is 23.8 Å². The Morgan fingerprint density at radius 2 is 1.79 bits per heavy atom. The highest BCUT2D eigenvalue weighted by atomic mass is 32.1. The largest absolute Gasteiger partial charge is 0.486 e. The number of amides is 1. The predicted molar refractivity (Wildman–Crippen MR) is 116 cm³/mol. The summed E-state index contributed by atoms with van der Waals surface area (Å²) in [6, 6.07) is 13.5. The minimum Gasteiger partial charge on any atom is -0.486 e. The van der Waals surface area contributed by atoms with Gasteiger partial charge in [0.25, 0.3) is 0 Å². The molecule has 1 aliphatic rings. The lowest BCUT2D eigenvalue weighted by molar-refractivity contribution is -0.116. The molecule has 7 heteroatoms. The molecule has 29 heavy (non-hydrogen) atoms. The number of nitrogens with one attached hydrogen (secondary N) is 2. The molecule has 0 saturated heterocycles. The van der Waals surface area contributed by atoms with Crippen molar-refractivity contribution in [1.82, 2.24) is 4.98 Å². The fourth-order valence-corrected chi connectivity index (χ4v) is 3.76. The van der Waals surface area contributed by atoms with Gasteiger partial charge in [0.1, 0.15) is 13.2 Å². The number of aromatic nitrogens is 1. The van der Waals surface area contributed by atoms with Crippen LogP contribution in [-0.4, -0.2) is 24.1 Å². The van der Waals surface area contributed by atoms with Gasteiger partial charge in [0.05, 0.1) is 5.69 Å². The molecule has 3 aromatic rings. The molecule has 1 aromatic heterocycles. The maximum atomic E-state index is 11.9. The van der Waals surface area contributed by atoms with Gasteiger partial charge in [-0.2, -0.15) is 0 Å². The summed E-state index contributed by atoms with van der Waals surface area (Å²) < 4.78 is 11.2. The van der Waals surface area contributed by atoms with E-state index in [-0.39, 0.29) is 5.91 Å². The van der Waals surface area contributed by atoms with Gasteiger partial charge in [-0.05, 0) is 30.2 Å². The van der Waals surface area contributed by atoms with Crippen LogP contribution in [0.15, 0.2) is 47.8 Å². The molecule has 1 amide bonds. The van der Waals surface area contributed by atoms with E-state index >= 15 is 0 Å². The Bertz CT molecular complexity index is 999. The van der Waals surface area contributed by atoms with Gasteiger partial charge >= 0.3 is 0 Å². The van der Waals surface area contributed by atoms with E-state index in [2.05, 4.69) is 15.6 Å². The summed E-state index contributed by atoms with van der Waals surface area (Å²) in [6.07, 6.45) is 0.517. The molecule has 0 radical (unpaired) electrons. The van der Waals surface area contributed by atoms with Gasteiger partial charge in [-0.25, -0.2) is 4.98 Å². The molecule has 0 fully saturated rings. The minimum atomic E-state index is 0.0346. The van der Waals surface area contributed by atoms with Crippen molar-refractivity contribution in [2.45, 2.75) is 20.3 Å². The topological polar surface area (TPSA) is 72.5 Å². The van der Waals surface area contributed by atoms with Crippen molar-refractivity contribution >= 4 is 33.8 Å². The van der Waals surface area contributed by atoms with Crippen molar-refractivity contribution in [1.29, 1.82) is 0 Å². The lowest BCUT2D eigenvalue weighted by Crippen LogP contribution is -2.15. The van der Waals surface area contributed by atoms with Crippen LogP contribution in [0.1, 0.15) is 20.3 Å². The molecule has 4 rings (SSSR count). The molecule has 0 unspecified atom stereocenters. The normalized spacial score (nSPS) is 12.7. The van der Waals surface area contributed by atoms with E-state index in [0.29, 0.717) is 25.6 Å². The van der Waals surface area contributed by atoms with Gasteiger partial charge in [0.15, 0.2) is 16.6 Å². The highest BCUT2D eigenvalue weighted by Crippen LogP contribution is 2.34. The molecule has 2 N–H and O–H groups in total. The molecular formula is C22H23N3O3S. The summed E-state index contributed by atoms with van der Waals surface area (Å²) in [5.41, 5.74) is 3.58. The summed E-state index contributed by atoms with van der Waals surface area (Å²) in [4.78, 5) is 16.6. The zero-order chi connectivity index (χ0) is 20.2. The first-order chi connectivity index (χ1) is 14.1. The molecule has 2 aromatic carbocycles. The number of ether oxygens (including phenoxy) is 2. The van der Waals surface area contributed by atoms with Gasteiger partial charge in [-0.1, -0.05) is 26.0 Å². The second kappa shape index (κ2) is 8.53. The van der Waals surface area contributed by atoms with Crippen LogP contribution in [0.5, 0.6) is 11.5 Å². The summed E-state index contributed by atoms with van der Waals surface area (Å²) >= 11 is 1.53. The number of hydrogen-bond donors (Lipinski definition) is 2. The average molecular weight is 410 g/mol. The lowest BCUT2D eigenvalue weighted by atomic mass is 10.1. The van der Waals surface area contributed by atoms with E-state index in [1.54, 1.807) is 0 Å². The number of rotatable bonds is 6. The first-order valence-corrected chi connectivity index (χ1v) is 10.5. The fourth-order valence-electron chi connectivity index (χ4n) is 3.02. The number of thiazole rings is 1. The second-order valence-electron chi connectivity index (χ2n) is 7.24. The quantitative estimate of drug-likeness (QED) is 0.577. The first kappa shape index (κ1) is 19.3. The SMILES string of the molecule is CC(C)CC(=O)Nc1ccc(-c2csc(Nc3ccc4c(c3)OCCO4)n2)cc1. The van der Waals surface area contributed by atoms with E-state index in [1.807, 2.05) is 61.7 Å². The Balaban J connectivity index is 1.41. The Morgan fingerprint density at radius 1 is 1.07 bits per heavy atom. The monoisotopic (exact) mass is 409 g/mol. The smallest absolute Gasteiger partial charge is 0.224 e.